The Balaban J connectivity index is 1.93. The number of phenols is 1. The van der Waals surface area contributed by atoms with E-state index in [4.69, 9.17) is 5.73 Å². The number of nitrogens with one attached hydrogen (secondary N) is 1. The Morgan fingerprint density at radius 3 is 2.72 bits per heavy atom. The molecule has 1 saturated carbocycles. The van der Waals surface area contributed by atoms with E-state index in [1.165, 1.54) is 31.0 Å². The van der Waals surface area contributed by atoms with Crippen LogP contribution in [0.1, 0.15) is 25.7 Å². The second-order valence-electron chi connectivity index (χ2n) is 4.70. The molecule has 5 nitrogen and oxygen atoms in total. The van der Waals surface area contributed by atoms with Crippen LogP contribution in [-0.4, -0.2) is 20.1 Å². The monoisotopic (exact) mass is 270 g/mol. The maximum Gasteiger partial charge on any atom is 0.240 e. The molecule has 1 aromatic rings. The molecule has 0 atom stereocenters. The zero-order valence-electron chi connectivity index (χ0n) is 10.1. The minimum absolute atomic E-state index is 0.0656. The van der Waals surface area contributed by atoms with Crippen molar-refractivity contribution in [3.63, 3.8) is 0 Å². The van der Waals surface area contributed by atoms with Crippen molar-refractivity contribution in [2.24, 2.45) is 5.92 Å². The highest BCUT2D eigenvalue weighted by Gasteiger charge is 2.21. The molecule has 1 aliphatic carbocycles. The molecule has 0 saturated heterocycles. The van der Waals surface area contributed by atoms with E-state index in [2.05, 4.69) is 4.72 Å². The van der Waals surface area contributed by atoms with Crippen molar-refractivity contribution in [1.29, 1.82) is 0 Å². The van der Waals surface area contributed by atoms with Gasteiger partial charge < -0.3 is 10.8 Å². The number of rotatable bonds is 6. The molecule has 1 aromatic carbocycles. The summed E-state index contributed by atoms with van der Waals surface area (Å²) >= 11 is 0. The molecule has 0 amide bonds. The minimum atomic E-state index is -3.52. The molecule has 1 aliphatic rings. The fourth-order valence-corrected chi connectivity index (χ4v) is 2.90. The molecule has 6 heteroatoms. The lowest BCUT2D eigenvalue weighted by molar-refractivity contribution is 0.477. The van der Waals surface area contributed by atoms with Crippen LogP contribution in [0.3, 0.4) is 0 Å². The SMILES string of the molecule is Nc1cc(S(=O)(=O)NCCCC2CC2)ccc1O. The number of phenolic OH excluding ortho intramolecular Hbond substituents is 1. The molecule has 0 radical (unpaired) electrons. The second kappa shape index (κ2) is 5.16. The normalized spacial score (nSPS) is 15.8. The third kappa shape index (κ3) is 3.36. The maximum absolute atomic E-state index is 11.9. The van der Waals surface area contributed by atoms with Gasteiger partial charge >= 0.3 is 0 Å². The summed E-state index contributed by atoms with van der Waals surface area (Å²) in [6, 6.07) is 3.89. The van der Waals surface area contributed by atoms with Crippen LogP contribution in [0.4, 0.5) is 5.69 Å². The zero-order valence-corrected chi connectivity index (χ0v) is 10.9. The first-order valence-corrected chi connectivity index (χ1v) is 7.55. The van der Waals surface area contributed by atoms with Crippen LogP contribution < -0.4 is 10.5 Å². The van der Waals surface area contributed by atoms with Crippen molar-refractivity contribution >= 4 is 15.7 Å². The molecular weight excluding hydrogens is 252 g/mol. The van der Waals surface area contributed by atoms with Gasteiger partial charge in [-0.3, -0.25) is 0 Å². The summed E-state index contributed by atoms with van der Waals surface area (Å²) < 4.78 is 26.4. The van der Waals surface area contributed by atoms with Gasteiger partial charge in [0.1, 0.15) is 5.75 Å². The van der Waals surface area contributed by atoms with Crippen molar-refractivity contribution in [1.82, 2.24) is 4.72 Å². The topological polar surface area (TPSA) is 92.4 Å². The summed E-state index contributed by atoms with van der Waals surface area (Å²) in [5.74, 6) is 0.696. The van der Waals surface area contributed by atoms with Crippen molar-refractivity contribution in [2.75, 3.05) is 12.3 Å². The fraction of sp³-hybridized carbons (Fsp3) is 0.500. The van der Waals surface area contributed by atoms with Crippen molar-refractivity contribution in [3.05, 3.63) is 18.2 Å². The highest BCUT2D eigenvalue weighted by atomic mass is 32.2. The fourth-order valence-electron chi connectivity index (χ4n) is 1.79. The summed E-state index contributed by atoms with van der Waals surface area (Å²) in [4.78, 5) is 0.0872. The number of hydrogen-bond donors (Lipinski definition) is 3. The third-order valence-electron chi connectivity index (χ3n) is 3.09. The Bertz CT molecular complexity index is 524. The van der Waals surface area contributed by atoms with Crippen molar-refractivity contribution in [3.8, 4) is 5.75 Å². The molecule has 18 heavy (non-hydrogen) atoms. The average molecular weight is 270 g/mol. The van der Waals surface area contributed by atoms with Crippen LogP contribution in [0.5, 0.6) is 5.75 Å². The van der Waals surface area contributed by atoms with E-state index in [-0.39, 0.29) is 16.3 Å². The molecule has 1 fully saturated rings. The smallest absolute Gasteiger partial charge is 0.240 e. The Hall–Kier alpha value is -1.27. The van der Waals surface area contributed by atoms with Crippen LogP contribution in [0.2, 0.25) is 0 Å². The van der Waals surface area contributed by atoms with E-state index in [0.29, 0.717) is 6.54 Å². The summed E-state index contributed by atoms with van der Waals surface area (Å²) in [6.07, 6.45) is 4.50. The highest BCUT2D eigenvalue weighted by molar-refractivity contribution is 7.89. The largest absolute Gasteiger partial charge is 0.506 e. The maximum atomic E-state index is 11.9. The molecule has 0 bridgehead atoms. The summed E-state index contributed by atoms with van der Waals surface area (Å²) in [7, 11) is -3.52. The number of nitrogens with two attached hydrogens (primary N) is 1. The summed E-state index contributed by atoms with van der Waals surface area (Å²) in [5.41, 5.74) is 5.54. The van der Waals surface area contributed by atoms with Crippen molar-refractivity contribution in [2.45, 2.75) is 30.6 Å². The third-order valence-corrected chi connectivity index (χ3v) is 4.55. The minimum Gasteiger partial charge on any atom is -0.506 e. The van der Waals surface area contributed by atoms with E-state index in [1.807, 2.05) is 0 Å². The van der Waals surface area contributed by atoms with Gasteiger partial charge in [-0.05, 0) is 37.0 Å². The summed E-state index contributed by atoms with van der Waals surface area (Å²) in [6.45, 7) is 0.444. The molecule has 100 valence electrons. The van der Waals surface area contributed by atoms with Crippen LogP contribution in [-0.2, 0) is 10.0 Å². The predicted octanol–water partition coefficient (Wildman–Crippen LogP) is 1.44. The van der Waals surface area contributed by atoms with E-state index >= 15 is 0 Å². The first kappa shape index (κ1) is 13.2. The number of sulfonamides is 1. The first-order valence-electron chi connectivity index (χ1n) is 6.07. The van der Waals surface area contributed by atoms with Gasteiger partial charge in [-0.25, -0.2) is 13.1 Å². The van der Waals surface area contributed by atoms with Crippen LogP contribution in [0.25, 0.3) is 0 Å². The van der Waals surface area contributed by atoms with Gasteiger partial charge in [0.2, 0.25) is 10.0 Å². The lowest BCUT2D eigenvalue weighted by Crippen LogP contribution is -2.24. The summed E-state index contributed by atoms with van der Waals surface area (Å²) in [5, 5.41) is 9.25. The van der Waals surface area contributed by atoms with Gasteiger partial charge in [-0.2, -0.15) is 0 Å². The van der Waals surface area contributed by atoms with Crippen molar-refractivity contribution < 1.29 is 13.5 Å². The number of hydrogen-bond acceptors (Lipinski definition) is 4. The van der Waals surface area contributed by atoms with Gasteiger partial charge in [0.05, 0.1) is 10.6 Å². The van der Waals surface area contributed by atoms with Gasteiger partial charge in [-0.1, -0.05) is 12.8 Å². The van der Waals surface area contributed by atoms with Crippen LogP contribution in [0.15, 0.2) is 23.1 Å². The van der Waals surface area contributed by atoms with E-state index in [9.17, 15) is 13.5 Å². The van der Waals surface area contributed by atoms with Crippen LogP contribution >= 0.6 is 0 Å². The number of benzene rings is 1. The molecular formula is C12H18N2O3S. The lowest BCUT2D eigenvalue weighted by atomic mass is 10.2. The Labute approximate surface area is 107 Å². The van der Waals surface area contributed by atoms with Crippen LogP contribution in [0, 0.1) is 5.92 Å². The molecule has 4 N–H and O–H groups in total. The standard InChI is InChI=1S/C12H18N2O3S/c13-11-8-10(5-6-12(11)15)18(16,17)14-7-1-2-9-3-4-9/h5-6,8-9,14-15H,1-4,7,13H2. The molecule has 0 aromatic heterocycles. The second-order valence-corrected chi connectivity index (χ2v) is 6.47. The van der Waals surface area contributed by atoms with E-state index < -0.39 is 10.0 Å². The molecule has 0 unspecified atom stereocenters. The van der Waals surface area contributed by atoms with Gasteiger partial charge in [0, 0.05) is 6.54 Å². The zero-order chi connectivity index (χ0) is 13.2. The Morgan fingerprint density at radius 2 is 2.11 bits per heavy atom. The molecule has 0 spiro atoms. The first-order chi connectivity index (χ1) is 8.49. The lowest BCUT2D eigenvalue weighted by Gasteiger charge is -2.07. The number of aromatic hydroxyl groups is 1. The molecule has 0 aliphatic heterocycles. The van der Waals surface area contributed by atoms with E-state index in [0.717, 1.165) is 18.8 Å². The predicted molar refractivity (Wildman–Crippen MR) is 69.7 cm³/mol. The highest BCUT2D eigenvalue weighted by Crippen LogP contribution is 2.33. The number of anilines is 1. The Kier molecular flexibility index (Phi) is 3.77. The quantitative estimate of drug-likeness (QED) is 0.414. The van der Waals surface area contributed by atoms with Gasteiger partial charge in [0.15, 0.2) is 0 Å². The van der Waals surface area contributed by atoms with Gasteiger partial charge in [-0.15, -0.1) is 0 Å². The number of nitrogen functional groups attached to an aromatic ring is 1. The Morgan fingerprint density at radius 1 is 1.39 bits per heavy atom. The molecule has 2 rings (SSSR count). The van der Waals surface area contributed by atoms with Gasteiger partial charge in [0.25, 0.3) is 0 Å². The molecule has 0 heterocycles. The average Bonchev–Trinajstić information content (AvgIpc) is 3.12. The van der Waals surface area contributed by atoms with E-state index in [1.54, 1.807) is 0 Å².